The number of aromatic nitrogens is 2. The number of hydrogen-bond donors (Lipinski definition) is 1. The summed E-state index contributed by atoms with van der Waals surface area (Å²) in [5.41, 5.74) is 6.62. The fourth-order valence-electron chi connectivity index (χ4n) is 2.35. The van der Waals surface area contributed by atoms with Crippen LogP contribution in [-0.4, -0.2) is 9.38 Å². The number of anilines is 1. The molecule has 2 heterocycles. The minimum absolute atomic E-state index is 0.0906. The van der Waals surface area contributed by atoms with Crippen molar-refractivity contribution in [1.82, 2.24) is 9.38 Å². The molecule has 0 amide bonds. The third-order valence-electron chi connectivity index (χ3n) is 3.35. The van der Waals surface area contributed by atoms with E-state index in [-0.39, 0.29) is 12.0 Å². The number of nitrogens with zero attached hydrogens (tertiary/aromatic N) is 2. The molecule has 3 nitrogen and oxygen atoms in total. The van der Waals surface area contributed by atoms with Crippen LogP contribution in [0.1, 0.15) is 17.0 Å². The Labute approximate surface area is 118 Å². The van der Waals surface area contributed by atoms with Crippen molar-refractivity contribution >= 4 is 11.2 Å². The SMILES string of the molecule is Nc1cccn2c(Cc3ccccc3C(F)(F)F)ncc12. The number of rotatable bonds is 2. The number of alkyl halides is 3. The summed E-state index contributed by atoms with van der Waals surface area (Å²) in [5, 5.41) is 0. The first-order valence-corrected chi connectivity index (χ1v) is 6.32. The second kappa shape index (κ2) is 4.80. The fraction of sp³-hybridized carbons (Fsp3) is 0.133. The lowest BCUT2D eigenvalue weighted by Gasteiger charge is -2.12. The van der Waals surface area contributed by atoms with Crippen LogP contribution in [-0.2, 0) is 12.6 Å². The molecule has 2 aromatic heterocycles. The molecule has 3 rings (SSSR count). The Balaban J connectivity index is 2.06. The van der Waals surface area contributed by atoms with Crippen LogP contribution in [0, 0.1) is 0 Å². The summed E-state index contributed by atoms with van der Waals surface area (Å²) in [6.07, 6.45) is -0.971. The van der Waals surface area contributed by atoms with Gasteiger partial charge in [-0.2, -0.15) is 13.2 Å². The van der Waals surface area contributed by atoms with E-state index in [2.05, 4.69) is 4.98 Å². The summed E-state index contributed by atoms with van der Waals surface area (Å²) in [6.45, 7) is 0. The van der Waals surface area contributed by atoms with Crippen molar-refractivity contribution in [2.24, 2.45) is 0 Å². The monoisotopic (exact) mass is 291 g/mol. The highest BCUT2D eigenvalue weighted by Crippen LogP contribution is 2.32. The van der Waals surface area contributed by atoms with Gasteiger partial charge in [-0.3, -0.25) is 0 Å². The minimum atomic E-state index is -4.37. The zero-order valence-electron chi connectivity index (χ0n) is 10.9. The van der Waals surface area contributed by atoms with E-state index in [0.717, 1.165) is 6.07 Å². The van der Waals surface area contributed by atoms with E-state index in [0.29, 0.717) is 17.0 Å². The van der Waals surface area contributed by atoms with Crippen LogP contribution in [0.25, 0.3) is 5.52 Å². The number of imidazole rings is 1. The van der Waals surface area contributed by atoms with Gasteiger partial charge in [-0.1, -0.05) is 18.2 Å². The summed E-state index contributed by atoms with van der Waals surface area (Å²) in [6, 6.07) is 8.99. The first kappa shape index (κ1) is 13.5. The van der Waals surface area contributed by atoms with E-state index >= 15 is 0 Å². The van der Waals surface area contributed by atoms with E-state index in [1.165, 1.54) is 12.1 Å². The Bertz CT molecular complexity index is 790. The number of pyridine rings is 1. The summed E-state index contributed by atoms with van der Waals surface area (Å²) in [7, 11) is 0. The Kier molecular flexibility index (Phi) is 3.08. The molecule has 108 valence electrons. The molecule has 0 fully saturated rings. The minimum Gasteiger partial charge on any atom is -0.397 e. The number of fused-ring (bicyclic) bond motifs is 1. The lowest BCUT2D eigenvalue weighted by molar-refractivity contribution is -0.138. The maximum Gasteiger partial charge on any atom is 0.416 e. The first-order chi connectivity index (χ1) is 9.97. The van der Waals surface area contributed by atoms with Crippen LogP contribution in [0.15, 0.2) is 48.8 Å². The van der Waals surface area contributed by atoms with Crippen molar-refractivity contribution in [2.45, 2.75) is 12.6 Å². The van der Waals surface area contributed by atoms with Crippen LogP contribution in [0.5, 0.6) is 0 Å². The molecule has 0 unspecified atom stereocenters. The van der Waals surface area contributed by atoms with Crippen LogP contribution in [0.3, 0.4) is 0 Å². The predicted octanol–water partition coefficient (Wildman–Crippen LogP) is 3.53. The van der Waals surface area contributed by atoms with Gasteiger partial charge in [0.05, 0.1) is 23.0 Å². The molecule has 0 aliphatic heterocycles. The number of benzene rings is 1. The highest BCUT2D eigenvalue weighted by atomic mass is 19.4. The standard InChI is InChI=1S/C15H12F3N3/c16-15(17,18)11-5-2-1-4-10(11)8-14-20-9-13-12(19)6-3-7-21(13)14/h1-7,9H,8,19H2. The smallest absolute Gasteiger partial charge is 0.397 e. The van der Waals surface area contributed by atoms with Crippen molar-refractivity contribution in [3.63, 3.8) is 0 Å². The average Bonchev–Trinajstić information content (AvgIpc) is 2.83. The number of nitrogens with two attached hydrogens (primary N) is 1. The van der Waals surface area contributed by atoms with Crippen molar-refractivity contribution in [3.8, 4) is 0 Å². The van der Waals surface area contributed by atoms with E-state index in [1.807, 2.05) is 0 Å². The average molecular weight is 291 g/mol. The maximum atomic E-state index is 13.0. The molecular formula is C15H12F3N3. The Hall–Kier alpha value is -2.50. The van der Waals surface area contributed by atoms with Gasteiger partial charge in [-0.05, 0) is 23.8 Å². The number of hydrogen-bond acceptors (Lipinski definition) is 2. The lowest BCUT2D eigenvalue weighted by atomic mass is 10.0. The molecule has 6 heteroatoms. The van der Waals surface area contributed by atoms with Crippen molar-refractivity contribution < 1.29 is 13.2 Å². The molecule has 0 aliphatic rings. The molecule has 1 aromatic carbocycles. The molecule has 0 bridgehead atoms. The fourth-order valence-corrected chi connectivity index (χ4v) is 2.35. The third kappa shape index (κ3) is 2.44. The van der Waals surface area contributed by atoms with Gasteiger partial charge in [0.2, 0.25) is 0 Å². The van der Waals surface area contributed by atoms with E-state index in [9.17, 15) is 13.2 Å². The normalized spacial score (nSPS) is 12.0. The van der Waals surface area contributed by atoms with Gasteiger partial charge < -0.3 is 10.1 Å². The van der Waals surface area contributed by atoms with Gasteiger partial charge in [-0.15, -0.1) is 0 Å². The molecule has 3 aromatic rings. The predicted molar refractivity (Wildman–Crippen MR) is 73.9 cm³/mol. The summed E-state index contributed by atoms with van der Waals surface area (Å²) < 4.78 is 40.7. The highest BCUT2D eigenvalue weighted by molar-refractivity contribution is 5.68. The van der Waals surface area contributed by atoms with Crippen LogP contribution in [0.4, 0.5) is 18.9 Å². The molecule has 0 atom stereocenters. The molecule has 0 radical (unpaired) electrons. The number of nitrogen functional groups attached to an aromatic ring is 1. The van der Waals surface area contributed by atoms with E-state index in [4.69, 9.17) is 5.73 Å². The van der Waals surface area contributed by atoms with E-state index < -0.39 is 11.7 Å². The van der Waals surface area contributed by atoms with Crippen molar-refractivity contribution in [3.05, 3.63) is 65.7 Å². The van der Waals surface area contributed by atoms with Crippen LogP contribution < -0.4 is 5.73 Å². The Morgan fingerprint density at radius 2 is 1.86 bits per heavy atom. The molecule has 0 aliphatic carbocycles. The molecule has 0 saturated heterocycles. The molecule has 21 heavy (non-hydrogen) atoms. The van der Waals surface area contributed by atoms with Crippen molar-refractivity contribution in [2.75, 3.05) is 5.73 Å². The van der Waals surface area contributed by atoms with Gasteiger partial charge >= 0.3 is 6.18 Å². The summed E-state index contributed by atoms with van der Waals surface area (Å²) in [5.74, 6) is 0.522. The number of halogens is 3. The van der Waals surface area contributed by atoms with Gasteiger partial charge in [0.15, 0.2) is 0 Å². The maximum absolute atomic E-state index is 13.0. The Morgan fingerprint density at radius 3 is 2.62 bits per heavy atom. The second-order valence-electron chi connectivity index (χ2n) is 4.72. The molecule has 2 N–H and O–H groups in total. The van der Waals surface area contributed by atoms with Crippen molar-refractivity contribution in [1.29, 1.82) is 0 Å². The van der Waals surface area contributed by atoms with Crippen LogP contribution >= 0.6 is 0 Å². The largest absolute Gasteiger partial charge is 0.416 e. The first-order valence-electron chi connectivity index (χ1n) is 6.32. The van der Waals surface area contributed by atoms with Crippen LogP contribution in [0.2, 0.25) is 0 Å². The van der Waals surface area contributed by atoms with Gasteiger partial charge in [0, 0.05) is 12.6 Å². The second-order valence-corrected chi connectivity index (χ2v) is 4.72. The molecular weight excluding hydrogens is 279 g/mol. The highest BCUT2D eigenvalue weighted by Gasteiger charge is 2.33. The zero-order chi connectivity index (χ0) is 15.0. The molecule has 0 saturated carbocycles. The lowest BCUT2D eigenvalue weighted by Crippen LogP contribution is -2.10. The van der Waals surface area contributed by atoms with Gasteiger partial charge in [0.1, 0.15) is 5.82 Å². The Morgan fingerprint density at radius 1 is 1.10 bits per heavy atom. The van der Waals surface area contributed by atoms with Gasteiger partial charge in [0.25, 0.3) is 0 Å². The third-order valence-corrected chi connectivity index (χ3v) is 3.35. The summed E-state index contributed by atoms with van der Waals surface area (Å²) in [4.78, 5) is 4.19. The van der Waals surface area contributed by atoms with Gasteiger partial charge in [-0.25, -0.2) is 4.98 Å². The van der Waals surface area contributed by atoms with E-state index in [1.54, 1.807) is 35.0 Å². The zero-order valence-corrected chi connectivity index (χ0v) is 10.9. The summed E-state index contributed by atoms with van der Waals surface area (Å²) >= 11 is 0. The molecule has 0 spiro atoms. The topological polar surface area (TPSA) is 43.3 Å². The quantitative estimate of drug-likeness (QED) is 0.785.